The first-order valence-electron chi connectivity index (χ1n) is 6.86. The summed E-state index contributed by atoms with van der Waals surface area (Å²) in [5.74, 6) is 0. The molecule has 7 heteroatoms. The van der Waals surface area contributed by atoms with E-state index in [1.807, 2.05) is 18.2 Å². The molecule has 1 aromatic rings. The first kappa shape index (κ1) is 18.2. The molecule has 3 N–H and O–H groups in total. The number of nitrogens with one attached hydrogen (secondary N) is 3. The van der Waals surface area contributed by atoms with Crippen molar-refractivity contribution in [3.63, 3.8) is 0 Å². The molecule has 0 amide bonds. The van der Waals surface area contributed by atoms with Crippen LogP contribution in [0, 0.1) is 0 Å². The first-order chi connectivity index (χ1) is 10.0. The second-order valence-electron chi connectivity index (χ2n) is 4.64. The summed E-state index contributed by atoms with van der Waals surface area (Å²) in [5.41, 5.74) is 2.32. The summed E-state index contributed by atoms with van der Waals surface area (Å²) in [6.07, 6.45) is 1.32. The zero-order valence-corrected chi connectivity index (χ0v) is 12.9. The van der Waals surface area contributed by atoms with Crippen LogP contribution in [-0.4, -0.2) is 32.5 Å². The molecule has 0 aliphatic heterocycles. The van der Waals surface area contributed by atoms with Crippen molar-refractivity contribution in [1.29, 1.82) is 0 Å². The third kappa shape index (κ3) is 9.66. The van der Waals surface area contributed by atoms with Crippen LogP contribution in [0.4, 0.5) is 0 Å². The molecule has 0 saturated heterocycles. The topological polar surface area (TPSA) is 105 Å². The van der Waals surface area contributed by atoms with Crippen molar-refractivity contribution in [1.82, 2.24) is 16.0 Å². The van der Waals surface area contributed by atoms with Gasteiger partial charge < -0.3 is 25.3 Å². The monoisotopic (exact) mass is 311 g/mol. The zero-order valence-electron chi connectivity index (χ0n) is 12.0. The van der Waals surface area contributed by atoms with Crippen LogP contribution >= 0.6 is 7.94 Å². The molecule has 0 atom stereocenters. The van der Waals surface area contributed by atoms with Gasteiger partial charge in [0.1, 0.15) is 0 Å². The summed E-state index contributed by atoms with van der Waals surface area (Å²) >= 11 is 0. The zero-order chi connectivity index (χ0) is 15.6. The van der Waals surface area contributed by atoms with E-state index in [4.69, 9.17) is 0 Å². The van der Waals surface area contributed by atoms with Crippen molar-refractivity contribution in [2.75, 3.05) is 32.5 Å². The van der Waals surface area contributed by atoms with Gasteiger partial charge in [0, 0.05) is 32.7 Å². The second-order valence-corrected chi connectivity index (χ2v) is 6.18. The summed E-state index contributed by atoms with van der Waals surface area (Å²) < 4.78 is 0. The summed E-state index contributed by atoms with van der Waals surface area (Å²) in [6, 6.07) is 8.17. The standard InChI is InChI=1S/C14H24N3O3P/c1-2-13-3-5-14(6-4-13)11-16-9-7-15-8-10-17-12-21(18,19)20/h2-6,15-17H,1,7-12H2,(H2,18,19,20)/p-2. The lowest BCUT2D eigenvalue weighted by atomic mass is 10.1. The maximum atomic E-state index is 10.4. The summed E-state index contributed by atoms with van der Waals surface area (Å²) in [7, 11) is -4.43. The molecule has 0 unspecified atom stereocenters. The third-order valence-corrected chi connectivity index (χ3v) is 3.42. The molecular weight excluding hydrogens is 289 g/mol. The molecule has 0 bridgehead atoms. The summed E-state index contributed by atoms with van der Waals surface area (Å²) in [4.78, 5) is 31.1. The van der Waals surface area contributed by atoms with Crippen molar-refractivity contribution < 1.29 is 14.7 Å². The van der Waals surface area contributed by atoms with Crippen molar-refractivity contribution in [2.24, 2.45) is 0 Å². The van der Waals surface area contributed by atoms with Crippen LogP contribution in [0.3, 0.4) is 0 Å². The van der Waals surface area contributed by atoms with E-state index in [2.05, 4.69) is 34.7 Å². The Labute approximate surface area is 126 Å². The minimum absolute atomic E-state index is 0.456. The van der Waals surface area contributed by atoms with Crippen LogP contribution in [0.15, 0.2) is 30.8 Å². The number of hydrogen-bond donors (Lipinski definition) is 3. The molecule has 1 aromatic carbocycles. The highest BCUT2D eigenvalue weighted by Gasteiger charge is 1.95. The van der Waals surface area contributed by atoms with E-state index in [0.29, 0.717) is 13.1 Å². The predicted octanol–water partition coefficient (Wildman–Crippen LogP) is -1.60. The van der Waals surface area contributed by atoms with E-state index >= 15 is 0 Å². The van der Waals surface area contributed by atoms with Gasteiger partial charge in [0.05, 0.1) is 6.29 Å². The molecule has 0 aliphatic carbocycles. The highest BCUT2D eigenvalue weighted by Crippen LogP contribution is 2.23. The Morgan fingerprint density at radius 2 is 1.48 bits per heavy atom. The van der Waals surface area contributed by atoms with E-state index in [1.54, 1.807) is 0 Å². The molecule has 0 saturated carbocycles. The molecule has 0 aliphatic rings. The van der Waals surface area contributed by atoms with Gasteiger partial charge >= 0.3 is 0 Å². The Morgan fingerprint density at radius 3 is 2.05 bits per heavy atom. The summed E-state index contributed by atoms with van der Waals surface area (Å²) in [5, 5.41) is 9.02. The molecule has 1 rings (SSSR count). The lowest BCUT2D eigenvalue weighted by Gasteiger charge is -2.41. The molecule has 0 radical (unpaired) electrons. The van der Waals surface area contributed by atoms with Crippen molar-refractivity contribution in [3.05, 3.63) is 42.0 Å². The Balaban J connectivity index is 1.96. The second kappa shape index (κ2) is 9.97. The van der Waals surface area contributed by atoms with Gasteiger partial charge in [-0.3, -0.25) is 5.32 Å². The highest BCUT2D eigenvalue weighted by atomic mass is 31.2. The molecule has 0 fully saturated rings. The quantitative estimate of drug-likeness (QED) is 0.336. The minimum atomic E-state index is -4.43. The van der Waals surface area contributed by atoms with Gasteiger partial charge in [0.2, 0.25) is 0 Å². The molecule has 0 spiro atoms. The number of hydrogen-bond acceptors (Lipinski definition) is 6. The Hall–Kier alpha value is -0.850. The van der Waals surface area contributed by atoms with Crippen LogP contribution in [0.5, 0.6) is 0 Å². The Bertz CT molecular complexity index is 407. The van der Waals surface area contributed by atoms with Gasteiger partial charge in [0.25, 0.3) is 0 Å². The largest absolute Gasteiger partial charge is 0.687 e. The van der Waals surface area contributed by atoms with E-state index in [1.165, 1.54) is 5.56 Å². The van der Waals surface area contributed by atoms with Gasteiger partial charge in [-0.05, 0) is 11.1 Å². The molecule has 0 aromatic heterocycles. The Kier molecular flexibility index (Phi) is 8.64. The maximum Gasteiger partial charge on any atom is 0.0918 e. The van der Waals surface area contributed by atoms with E-state index in [9.17, 15) is 14.7 Å². The smallest absolute Gasteiger partial charge is 0.0918 e. The fraction of sp³-hybridized carbons (Fsp3) is 0.429. The van der Waals surface area contributed by atoms with Crippen molar-refractivity contribution in [2.45, 2.75) is 6.54 Å². The van der Waals surface area contributed by atoms with Gasteiger partial charge in [-0.25, -0.2) is 0 Å². The van der Waals surface area contributed by atoms with Crippen LogP contribution < -0.4 is 30.6 Å². The number of benzene rings is 1. The first-order valence-corrected chi connectivity index (χ1v) is 8.59. The highest BCUT2D eigenvalue weighted by molar-refractivity contribution is 7.54. The average molecular weight is 311 g/mol. The van der Waals surface area contributed by atoms with Crippen LogP contribution in [-0.2, 0) is 6.54 Å². The van der Waals surface area contributed by atoms with E-state index in [-0.39, 0.29) is 0 Å². The SMILES string of the molecule is C=Cc1ccc(CNCCNCCNC[P+]([O-])([O-])[O-])cc1. The average Bonchev–Trinajstić information content (AvgIpc) is 2.45. The fourth-order valence-electron chi connectivity index (χ4n) is 1.70. The van der Waals surface area contributed by atoms with Crippen LogP contribution in [0.1, 0.15) is 11.1 Å². The van der Waals surface area contributed by atoms with Crippen molar-refractivity contribution >= 4 is 14.0 Å². The lowest BCUT2D eigenvalue weighted by Crippen LogP contribution is -2.41. The van der Waals surface area contributed by atoms with Crippen molar-refractivity contribution in [3.8, 4) is 0 Å². The molecule has 6 nitrogen and oxygen atoms in total. The minimum Gasteiger partial charge on any atom is -0.687 e. The fourth-order valence-corrected chi connectivity index (χ4v) is 2.13. The lowest BCUT2D eigenvalue weighted by molar-refractivity contribution is -0.427. The van der Waals surface area contributed by atoms with Crippen LogP contribution in [0.25, 0.3) is 6.08 Å². The molecule has 118 valence electrons. The molecule has 21 heavy (non-hydrogen) atoms. The molecule has 0 heterocycles. The molecular formula is C14H22N3O3P-2. The van der Waals surface area contributed by atoms with Gasteiger partial charge in [-0.2, -0.15) is 0 Å². The third-order valence-electron chi connectivity index (χ3n) is 2.81. The summed E-state index contributed by atoms with van der Waals surface area (Å²) in [6.45, 7) is 7.17. The van der Waals surface area contributed by atoms with E-state index in [0.717, 1.165) is 25.2 Å². The van der Waals surface area contributed by atoms with E-state index < -0.39 is 14.2 Å². The maximum absolute atomic E-state index is 10.4. The van der Waals surface area contributed by atoms with Gasteiger partial charge in [0.15, 0.2) is 0 Å². The van der Waals surface area contributed by atoms with Gasteiger partial charge in [-0.15, -0.1) is 7.94 Å². The number of rotatable bonds is 11. The normalized spacial score (nSPS) is 11.6. The Morgan fingerprint density at radius 1 is 0.905 bits per heavy atom. The van der Waals surface area contributed by atoms with Gasteiger partial charge in [-0.1, -0.05) is 36.9 Å². The van der Waals surface area contributed by atoms with Crippen LogP contribution in [0.2, 0.25) is 0 Å². The predicted molar refractivity (Wildman–Crippen MR) is 80.9 cm³/mol.